The fraction of sp³-hybridized carbons (Fsp3) is 0.435. The Balaban J connectivity index is 1.52. The Bertz CT molecular complexity index is 971. The molecule has 0 aliphatic carbocycles. The van der Waals surface area contributed by atoms with Gasteiger partial charge in [-0.05, 0) is 61.3 Å². The van der Waals surface area contributed by atoms with Crippen molar-refractivity contribution in [1.82, 2.24) is 14.5 Å². The number of ether oxygens (including phenoxy) is 1. The van der Waals surface area contributed by atoms with Gasteiger partial charge >= 0.3 is 0 Å². The molecule has 1 aliphatic heterocycles. The summed E-state index contributed by atoms with van der Waals surface area (Å²) in [6.45, 7) is 3.31. The second kappa shape index (κ2) is 10.7. The van der Waals surface area contributed by atoms with E-state index >= 15 is 0 Å². The summed E-state index contributed by atoms with van der Waals surface area (Å²) in [6, 6.07) is 14.3. The van der Waals surface area contributed by atoms with Gasteiger partial charge in [0.25, 0.3) is 0 Å². The van der Waals surface area contributed by atoms with Crippen LogP contribution in [0, 0.1) is 0 Å². The zero-order valence-electron chi connectivity index (χ0n) is 18.2. The monoisotopic (exact) mass is 445 g/mol. The maximum Gasteiger partial charge on any atom is 0.243 e. The van der Waals surface area contributed by atoms with E-state index in [4.69, 9.17) is 4.74 Å². The van der Waals surface area contributed by atoms with E-state index in [1.807, 2.05) is 12.1 Å². The molecule has 0 atom stereocenters. The van der Waals surface area contributed by atoms with Gasteiger partial charge in [-0.1, -0.05) is 30.7 Å². The van der Waals surface area contributed by atoms with Crippen LogP contribution < -0.4 is 10.1 Å². The van der Waals surface area contributed by atoms with Crippen LogP contribution in [0.5, 0.6) is 5.75 Å². The molecular weight excluding hydrogens is 414 g/mol. The van der Waals surface area contributed by atoms with Crippen molar-refractivity contribution in [3.05, 3.63) is 59.7 Å². The van der Waals surface area contributed by atoms with Crippen LogP contribution in [0.1, 0.15) is 30.4 Å². The van der Waals surface area contributed by atoms with E-state index in [0.717, 1.165) is 29.5 Å². The van der Waals surface area contributed by atoms with Gasteiger partial charge < -0.3 is 10.1 Å². The van der Waals surface area contributed by atoms with Gasteiger partial charge in [0.05, 0.1) is 18.6 Å². The van der Waals surface area contributed by atoms with Crippen molar-refractivity contribution in [3.63, 3.8) is 0 Å². The Morgan fingerprint density at radius 3 is 2.42 bits per heavy atom. The number of rotatable bonds is 9. The normalized spacial score (nSPS) is 15.1. The van der Waals surface area contributed by atoms with E-state index < -0.39 is 10.0 Å². The molecule has 1 aliphatic rings. The van der Waals surface area contributed by atoms with Crippen LogP contribution in [0.2, 0.25) is 0 Å². The number of carbonyl (C=O) groups is 1. The highest BCUT2D eigenvalue weighted by Gasteiger charge is 2.23. The van der Waals surface area contributed by atoms with E-state index in [1.165, 1.54) is 51.1 Å². The lowest BCUT2D eigenvalue weighted by Crippen LogP contribution is -2.38. The number of nitrogens with zero attached hydrogens (tertiary/aromatic N) is 2. The largest absolute Gasteiger partial charge is 0.497 e. The quantitative estimate of drug-likeness (QED) is 0.642. The van der Waals surface area contributed by atoms with Gasteiger partial charge in [-0.3, -0.25) is 9.69 Å². The summed E-state index contributed by atoms with van der Waals surface area (Å²) in [7, 11) is -0.835. The molecule has 2 aromatic carbocycles. The minimum atomic E-state index is -3.75. The maximum absolute atomic E-state index is 12.7. The number of hydrogen-bond acceptors (Lipinski definition) is 5. The van der Waals surface area contributed by atoms with Gasteiger partial charge in [0, 0.05) is 20.1 Å². The second-order valence-corrected chi connectivity index (χ2v) is 9.91. The lowest BCUT2D eigenvalue weighted by molar-refractivity contribution is -0.121. The Morgan fingerprint density at radius 2 is 1.74 bits per heavy atom. The molecule has 0 radical (unpaired) electrons. The standard InChI is InChI=1S/C23H31N3O4S/c1-25(31(28,29)22-11-9-21(30-2)10-12-22)18-23(27)24-16-19-7-6-8-20(15-19)17-26-13-4-3-5-14-26/h6-12,15H,3-5,13-14,16-18H2,1-2H3,(H,24,27). The van der Waals surface area contributed by atoms with E-state index in [0.29, 0.717) is 12.3 Å². The third-order valence-corrected chi connectivity index (χ3v) is 7.29. The number of likely N-dealkylation sites (N-methyl/N-ethyl adjacent to an activating group) is 1. The molecule has 168 valence electrons. The van der Waals surface area contributed by atoms with E-state index in [-0.39, 0.29) is 17.3 Å². The summed E-state index contributed by atoms with van der Waals surface area (Å²) in [5, 5.41) is 2.82. The van der Waals surface area contributed by atoms with Crippen LogP contribution in [0.3, 0.4) is 0 Å². The Labute approximate surface area is 185 Å². The molecule has 1 heterocycles. The fourth-order valence-electron chi connectivity index (χ4n) is 3.69. The van der Waals surface area contributed by atoms with Gasteiger partial charge in [0.1, 0.15) is 5.75 Å². The molecular formula is C23H31N3O4S. The van der Waals surface area contributed by atoms with E-state index in [2.05, 4.69) is 22.3 Å². The molecule has 2 aromatic rings. The zero-order chi connectivity index (χ0) is 22.3. The zero-order valence-corrected chi connectivity index (χ0v) is 19.0. The first-order valence-electron chi connectivity index (χ1n) is 10.6. The lowest BCUT2D eigenvalue weighted by Gasteiger charge is -2.26. The van der Waals surface area contributed by atoms with Gasteiger partial charge in [0.15, 0.2) is 0 Å². The summed E-state index contributed by atoms with van der Waals surface area (Å²) in [5.74, 6) is 0.225. The van der Waals surface area contributed by atoms with Gasteiger partial charge in [-0.2, -0.15) is 4.31 Å². The summed E-state index contributed by atoms with van der Waals surface area (Å²) < 4.78 is 31.5. The third-order valence-electron chi connectivity index (χ3n) is 5.47. The van der Waals surface area contributed by atoms with E-state index in [1.54, 1.807) is 12.1 Å². The second-order valence-electron chi connectivity index (χ2n) is 7.87. The van der Waals surface area contributed by atoms with Crippen molar-refractivity contribution in [2.24, 2.45) is 0 Å². The number of amides is 1. The number of sulfonamides is 1. The molecule has 0 saturated carbocycles. The predicted molar refractivity (Wildman–Crippen MR) is 120 cm³/mol. The first kappa shape index (κ1) is 23.2. The molecule has 7 nitrogen and oxygen atoms in total. The van der Waals surface area contributed by atoms with Crippen LogP contribution >= 0.6 is 0 Å². The van der Waals surface area contributed by atoms with Crippen molar-refractivity contribution in [1.29, 1.82) is 0 Å². The van der Waals surface area contributed by atoms with Gasteiger partial charge in [0.2, 0.25) is 15.9 Å². The highest BCUT2D eigenvalue weighted by Crippen LogP contribution is 2.18. The topological polar surface area (TPSA) is 79.0 Å². The number of hydrogen-bond donors (Lipinski definition) is 1. The Morgan fingerprint density at radius 1 is 1.06 bits per heavy atom. The van der Waals surface area contributed by atoms with Crippen LogP contribution in [-0.2, 0) is 27.9 Å². The van der Waals surface area contributed by atoms with Crippen molar-refractivity contribution in [2.75, 3.05) is 33.8 Å². The van der Waals surface area contributed by atoms with Crippen molar-refractivity contribution < 1.29 is 17.9 Å². The number of piperidine rings is 1. The minimum absolute atomic E-state index is 0.119. The lowest BCUT2D eigenvalue weighted by atomic mass is 10.1. The maximum atomic E-state index is 12.7. The highest BCUT2D eigenvalue weighted by atomic mass is 32.2. The number of likely N-dealkylation sites (tertiary alicyclic amines) is 1. The average Bonchev–Trinajstić information content (AvgIpc) is 2.78. The molecule has 0 unspecified atom stereocenters. The molecule has 3 rings (SSSR count). The number of methoxy groups -OCH3 is 1. The Hall–Kier alpha value is -2.42. The number of nitrogens with one attached hydrogen (secondary N) is 1. The van der Waals surface area contributed by atoms with Crippen LogP contribution in [-0.4, -0.2) is 57.3 Å². The van der Waals surface area contributed by atoms with Crippen molar-refractivity contribution in [3.8, 4) is 5.75 Å². The van der Waals surface area contributed by atoms with Gasteiger partial charge in [-0.15, -0.1) is 0 Å². The number of carbonyl (C=O) groups excluding carboxylic acids is 1. The third kappa shape index (κ3) is 6.53. The number of benzene rings is 2. The fourth-order valence-corrected chi connectivity index (χ4v) is 4.81. The van der Waals surface area contributed by atoms with Gasteiger partial charge in [-0.25, -0.2) is 8.42 Å². The summed E-state index contributed by atoms with van der Waals surface area (Å²) in [6.07, 6.45) is 3.82. The first-order chi connectivity index (χ1) is 14.9. The van der Waals surface area contributed by atoms with Crippen LogP contribution in [0.25, 0.3) is 0 Å². The summed E-state index contributed by atoms with van der Waals surface area (Å²) >= 11 is 0. The Kier molecular flexibility index (Phi) is 8.06. The molecule has 8 heteroatoms. The summed E-state index contributed by atoms with van der Waals surface area (Å²) in [5.41, 5.74) is 2.23. The van der Waals surface area contributed by atoms with Crippen molar-refractivity contribution >= 4 is 15.9 Å². The molecule has 1 fully saturated rings. The average molecular weight is 446 g/mol. The molecule has 1 saturated heterocycles. The van der Waals surface area contributed by atoms with Crippen molar-refractivity contribution in [2.45, 2.75) is 37.2 Å². The predicted octanol–water partition coefficient (Wildman–Crippen LogP) is 2.62. The molecule has 31 heavy (non-hydrogen) atoms. The van der Waals surface area contributed by atoms with E-state index in [9.17, 15) is 13.2 Å². The summed E-state index contributed by atoms with van der Waals surface area (Å²) in [4.78, 5) is 14.9. The molecule has 0 bridgehead atoms. The van der Waals surface area contributed by atoms with Crippen LogP contribution in [0.15, 0.2) is 53.4 Å². The molecule has 1 N–H and O–H groups in total. The molecule has 1 amide bonds. The molecule has 0 aromatic heterocycles. The van der Waals surface area contributed by atoms with Crippen LogP contribution in [0.4, 0.5) is 0 Å². The highest BCUT2D eigenvalue weighted by molar-refractivity contribution is 7.89. The smallest absolute Gasteiger partial charge is 0.243 e. The first-order valence-corrected chi connectivity index (χ1v) is 12.0. The molecule has 0 spiro atoms. The SMILES string of the molecule is COc1ccc(S(=O)(=O)N(C)CC(=O)NCc2cccc(CN3CCCCC3)c2)cc1. The minimum Gasteiger partial charge on any atom is -0.497 e.